The number of rotatable bonds is 11. The summed E-state index contributed by atoms with van der Waals surface area (Å²) in [6.45, 7) is -0.00168. The zero-order valence-corrected chi connectivity index (χ0v) is 41.4. The van der Waals surface area contributed by atoms with E-state index in [0.29, 0.717) is 112 Å². The molecule has 364 valence electrons. The van der Waals surface area contributed by atoms with Crippen molar-refractivity contribution in [2.24, 2.45) is 0 Å². The van der Waals surface area contributed by atoms with Gasteiger partial charge < -0.3 is 24.4 Å². The van der Waals surface area contributed by atoms with E-state index >= 15 is 0 Å². The molecule has 0 unspecified atom stereocenters. The lowest BCUT2D eigenvalue weighted by atomic mass is 10.0. The quantitative estimate of drug-likeness (QED) is 0.109. The fourth-order valence-corrected chi connectivity index (χ4v) is 11.1. The molecular weight excluding hydrogens is 1030 g/mol. The monoisotopic (exact) mass is 1060 g/mol. The van der Waals surface area contributed by atoms with E-state index in [1.54, 1.807) is 84.9 Å². The molecule has 0 aliphatic carbocycles. The van der Waals surface area contributed by atoms with E-state index in [1.807, 2.05) is 48.6 Å². The number of H-pyrrole nitrogens is 3. The van der Waals surface area contributed by atoms with E-state index in [0.717, 1.165) is 9.80 Å². The highest BCUT2D eigenvalue weighted by atomic mass is 35.5. The lowest BCUT2D eigenvalue weighted by Crippen LogP contribution is -2.33. The van der Waals surface area contributed by atoms with Crippen molar-refractivity contribution in [1.29, 1.82) is 0 Å². The predicted molar refractivity (Wildman–Crippen MR) is 286 cm³/mol. The zero-order valence-electron chi connectivity index (χ0n) is 38.4. The number of ether oxygens (including phenoxy) is 2. The SMILES string of the molecule is O=C1c2ccccc2C(=O)N1CCOc1cc(Cl)c(-c2c3nc(c4ccc([nH]4)c(-c4c(Cl)cc(OCCN5C(=O)c6ccccc6C5=O)cc4Cl)c4ccc([nH]4)c(-c4ccc(F)cc4)c4ccc2[nH]4)C=C3)c(Cl)c1. The van der Waals surface area contributed by atoms with Gasteiger partial charge in [0.05, 0.1) is 72.3 Å². The summed E-state index contributed by atoms with van der Waals surface area (Å²) in [4.78, 5) is 70.2. The predicted octanol–water partition coefficient (Wildman–Crippen LogP) is 13.8. The minimum Gasteiger partial charge on any atom is -0.492 e. The van der Waals surface area contributed by atoms with E-state index in [4.69, 9.17) is 60.9 Å². The number of carbonyl (C=O) groups excluding carboxylic acids is 4. The Balaban J connectivity index is 0.948. The number of nitrogens with zero attached hydrogens (tertiary/aromatic N) is 3. The van der Waals surface area contributed by atoms with Gasteiger partial charge in [-0.2, -0.15) is 0 Å². The van der Waals surface area contributed by atoms with Gasteiger partial charge in [0.25, 0.3) is 23.6 Å². The maximum absolute atomic E-state index is 14.6. The molecule has 74 heavy (non-hydrogen) atoms. The van der Waals surface area contributed by atoms with Gasteiger partial charge in [0.2, 0.25) is 0 Å². The molecule has 0 atom stereocenters. The van der Waals surface area contributed by atoms with Crippen LogP contribution in [0.5, 0.6) is 11.5 Å². The van der Waals surface area contributed by atoms with Gasteiger partial charge in [-0.05, 0) is 115 Å². The highest BCUT2D eigenvalue weighted by Crippen LogP contribution is 2.45. The first kappa shape index (κ1) is 46.8. The average Bonchev–Trinajstić information content (AvgIpc) is 4.28. The fourth-order valence-electron chi connectivity index (χ4n) is 9.74. The number of amides is 4. The number of benzene rings is 5. The summed E-state index contributed by atoms with van der Waals surface area (Å²) in [5, 5.41) is 0.998. The standard InChI is InChI=1S/C57H35Cl4FN6O6/c58-37-25-31(73-23-21-67-54(69)33-5-1-2-6-34(33)55(67)70)26-38(59)50(37)52-45-15-13-41(63-45)42-14-16-46(64-42)53(48-20-18-44(66-48)49(43-17-19-47(52)65-43)29-9-11-30(62)12-10-29)51-39(60)27-32(28-40(51)61)74-24-22-68-56(71)35-7-3-4-8-36(35)57(68)72/h1-20,25-28,63,65-66H,21-24H2. The van der Waals surface area contributed by atoms with Crippen molar-refractivity contribution >= 4 is 115 Å². The molecule has 3 aliphatic heterocycles. The molecule has 4 amide bonds. The van der Waals surface area contributed by atoms with E-state index < -0.39 is 5.82 Å². The maximum Gasteiger partial charge on any atom is 0.261 e. The van der Waals surface area contributed by atoms with Crippen LogP contribution < -0.4 is 9.47 Å². The summed E-state index contributed by atoms with van der Waals surface area (Å²) in [7, 11) is 0. The van der Waals surface area contributed by atoms with Crippen molar-refractivity contribution in [2.45, 2.75) is 0 Å². The molecule has 3 N–H and O–H groups in total. The van der Waals surface area contributed by atoms with Crippen molar-refractivity contribution < 1.29 is 33.0 Å². The Morgan fingerprint density at radius 2 is 0.797 bits per heavy atom. The van der Waals surface area contributed by atoms with Crippen LogP contribution >= 0.6 is 46.4 Å². The van der Waals surface area contributed by atoms with Crippen LogP contribution in [0.3, 0.4) is 0 Å². The molecule has 3 aliphatic rings. The molecule has 5 aromatic carbocycles. The maximum atomic E-state index is 14.6. The molecule has 0 fully saturated rings. The number of aromatic amines is 3. The van der Waals surface area contributed by atoms with Gasteiger partial charge in [0, 0.05) is 55.4 Å². The van der Waals surface area contributed by atoms with Crippen LogP contribution in [0.25, 0.3) is 78.6 Å². The van der Waals surface area contributed by atoms with E-state index in [9.17, 15) is 23.6 Å². The van der Waals surface area contributed by atoms with Crippen LogP contribution in [0, 0.1) is 5.82 Å². The smallest absolute Gasteiger partial charge is 0.261 e. The second kappa shape index (κ2) is 18.7. The Bertz CT molecular complexity index is 3940. The number of halogens is 5. The molecule has 17 heteroatoms. The molecule has 0 radical (unpaired) electrons. The van der Waals surface area contributed by atoms with E-state index in [-0.39, 0.29) is 70.0 Å². The van der Waals surface area contributed by atoms with Gasteiger partial charge in [-0.1, -0.05) is 82.8 Å². The second-order valence-corrected chi connectivity index (χ2v) is 19.2. The van der Waals surface area contributed by atoms with Crippen LogP contribution in [-0.4, -0.2) is 79.7 Å². The van der Waals surface area contributed by atoms with Crippen LogP contribution in [0.15, 0.2) is 133 Å². The molecular formula is C57H35Cl4FN6O6. The largest absolute Gasteiger partial charge is 0.492 e. The average molecular weight is 1060 g/mol. The molecule has 0 saturated carbocycles. The van der Waals surface area contributed by atoms with Gasteiger partial charge in [-0.25, -0.2) is 9.37 Å². The molecule has 12 rings (SSSR count). The first-order chi connectivity index (χ1) is 35.9. The first-order valence-corrected chi connectivity index (χ1v) is 24.7. The third-order valence-electron chi connectivity index (χ3n) is 13.2. The van der Waals surface area contributed by atoms with Crippen LogP contribution in [-0.2, 0) is 0 Å². The van der Waals surface area contributed by atoms with E-state index in [2.05, 4.69) is 15.0 Å². The van der Waals surface area contributed by atoms with Crippen molar-refractivity contribution in [3.8, 4) is 44.9 Å². The highest BCUT2D eigenvalue weighted by Gasteiger charge is 2.36. The normalized spacial score (nSPS) is 13.4. The molecule has 0 spiro atoms. The molecule has 12 nitrogen and oxygen atoms in total. The molecule has 7 heterocycles. The lowest BCUT2D eigenvalue weighted by Gasteiger charge is -2.16. The number of imide groups is 2. The minimum atomic E-state index is -0.404. The van der Waals surface area contributed by atoms with Crippen LogP contribution in [0.1, 0.15) is 52.8 Å². The van der Waals surface area contributed by atoms with Gasteiger partial charge >= 0.3 is 0 Å². The van der Waals surface area contributed by atoms with Crippen molar-refractivity contribution in [3.63, 3.8) is 0 Å². The van der Waals surface area contributed by atoms with E-state index in [1.165, 1.54) is 12.1 Å². The number of nitrogens with one attached hydrogen (secondary N) is 3. The number of hydrogen-bond acceptors (Lipinski definition) is 7. The van der Waals surface area contributed by atoms with Gasteiger partial charge in [-0.3, -0.25) is 29.0 Å². The molecule has 9 aromatic rings. The molecule has 0 saturated heterocycles. The molecule has 8 bridgehead atoms. The minimum absolute atomic E-state index is 0.00765. The summed E-state index contributed by atoms with van der Waals surface area (Å²) in [5.74, 6) is -1.29. The molecule has 4 aromatic heterocycles. The second-order valence-electron chi connectivity index (χ2n) is 17.5. The number of fused-ring (bicyclic) bond motifs is 11. The lowest BCUT2D eigenvalue weighted by molar-refractivity contribution is 0.0617. The summed E-state index contributed by atoms with van der Waals surface area (Å²) >= 11 is 28.7. The summed E-state index contributed by atoms with van der Waals surface area (Å²) in [5.41, 5.74) is 9.87. The summed E-state index contributed by atoms with van der Waals surface area (Å²) < 4.78 is 26.7. The Morgan fingerprint density at radius 1 is 0.432 bits per heavy atom. The zero-order chi connectivity index (χ0) is 50.9. The Hall–Kier alpha value is -8.20. The Labute approximate surface area is 439 Å². The fraction of sp³-hybridized carbons (Fsp3) is 0.0702. The van der Waals surface area contributed by atoms with Gasteiger partial charge in [-0.15, -0.1) is 0 Å². The first-order valence-electron chi connectivity index (χ1n) is 23.1. The Kier molecular flexibility index (Phi) is 11.8. The van der Waals surface area contributed by atoms with Crippen LogP contribution in [0.2, 0.25) is 20.1 Å². The van der Waals surface area contributed by atoms with Gasteiger partial charge in [0.1, 0.15) is 30.5 Å². The Morgan fingerprint density at radius 3 is 1.24 bits per heavy atom. The van der Waals surface area contributed by atoms with Crippen molar-refractivity contribution in [3.05, 3.63) is 193 Å². The summed E-state index contributed by atoms with van der Waals surface area (Å²) in [6, 6.07) is 37.5. The number of carbonyl (C=O) groups is 4. The van der Waals surface area contributed by atoms with Crippen LogP contribution in [0.4, 0.5) is 4.39 Å². The number of hydrogen-bond donors (Lipinski definition) is 3. The third kappa shape index (κ3) is 8.14. The summed E-state index contributed by atoms with van der Waals surface area (Å²) in [6.07, 6.45) is 3.73. The highest BCUT2D eigenvalue weighted by molar-refractivity contribution is 6.41. The topological polar surface area (TPSA) is 153 Å². The van der Waals surface area contributed by atoms with Crippen molar-refractivity contribution in [2.75, 3.05) is 26.3 Å². The van der Waals surface area contributed by atoms with Gasteiger partial charge in [0.15, 0.2) is 0 Å². The van der Waals surface area contributed by atoms with Crippen molar-refractivity contribution in [1.82, 2.24) is 29.7 Å². The number of aromatic nitrogens is 4. The third-order valence-corrected chi connectivity index (χ3v) is 14.4.